The normalized spacial score (nSPS) is 11.1. The van der Waals surface area contributed by atoms with Crippen LogP contribution in [0.25, 0.3) is 0 Å². The smallest absolute Gasteiger partial charge is 0.370 e. The van der Waals surface area contributed by atoms with Crippen LogP contribution in [0.5, 0.6) is 0 Å². The van der Waals surface area contributed by atoms with Gasteiger partial charge >= 0.3 is 5.97 Å². The molecule has 1 aromatic rings. The van der Waals surface area contributed by atoms with Crippen molar-refractivity contribution in [3.8, 4) is 0 Å². The van der Waals surface area contributed by atoms with Gasteiger partial charge in [-0.1, -0.05) is 36.7 Å². The van der Waals surface area contributed by atoms with E-state index in [1.165, 1.54) is 0 Å². The number of aryl methyl sites for hydroxylation is 1. The number of nitrogens with zero attached hydrogens (tertiary/aromatic N) is 1. The Morgan fingerprint density at radius 3 is 2.76 bits per heavy atom. The minimum absolute atomic E-state index is 0.210. The molecule has 0 spiro atoms. The van der Waals surface area contributed by atoms with Crippen molar-refractivity contribution < 1.29 is 9.53 Å². The second-order valence-corrected chi connectivity index (χ2v) is 3.60. The van der Waals surface area contributed by atoms with E-state index < -0.39 is 5.97 Å². The molecule has 17 heavy (non-hydrogen) atoms. The molecule has 0 aromatic heterocycles. The number of halogens is 1. The summed E-state index contributed by atoms with van der Waals surface area (Å²) in [4.78, 5) is 11.2. The van der Waals surface area contributed by atoms with Gasteiger partial charge in [0.2, 0.25) is 5.17 Å². The molecule has 0 atom stereocenters. The Kier molecular flexibility index (Phi) is 5.49. The van der Waals surface area contributed by atoms with Crippen molar-refractivity contribution in [2.45, 2.75) is 20.3 Å². The topological polar surface area (TPSA) is 50.7 Å². The van der Waals surface area contributed by atoms with Crippen LogP contribution in [0.3, 0.4) is 0 Å². The second-order valence-electron chi connectivity index (χ2n) is 3.25. The largest absolute Gasteiger partial charge is 0.461 e. The van der Waals surface area contributed by atoms with Gasteiger partial charge in [0, 0.05) is 0 Å². The highest BCUT2D eigenvalue weighted by atomic mass is 35.5. The van der Waals surface area contributed by atoms with Gasteiger partial charge in [-0.15, -0.1) is 0 Å². The SMILES string of the molecule is CCOC(=O)/C(Cl)=N\Nc1ccccc1CC. The monoisotopic (exact) mass is 254 g/mol. The summed E-state index contributed by atoms with van der Waals surface area (Å²) in [5.74, 6) is -0.629. The maximum absolute atomic E-state index is 11.2. The van der Waals surface area contributed by atoms with Crippen LogP contribution >= 0.6 is 11.6 Å². The first-order chi connectivity index (χ1) is 8.19. The van der Waals surface area contributed by atoms with Gasteiger partial charge in [0.1, 0.15) is 0 Å². The summed E-state index contributed by atoms with van der Waals surface area (Å²) in [6.07, 6.45) is 0.871. The molecule has 0 amide bonds. The highest BCUT2D eigenvalue weighted by Crippen LogP contribution is 2.15. The van der Waals surface area contributed by atoms with E-state index in [0.717, 1.165) is 17.7 Å². The lowest BCUT2D eigenvalue weighted by atomic mass is 10.1. The van der Waals surface area contributed by atoms with Gasteiger partial charge in [-0.25, -0.2) is 4.79 Å². The van der Waals surface area contributed by atoms with Crippen LogP contribution in [-0.4, -0.2) is 17.7 Å². The Morgan fingerprint density at radius 2 is 2.12 bits per heavy atom. The maximum atomic E-state index is 11.2. The van der Waals surface area contributed by atoms with Gasteiger partial charge in [0.25, 0.3) is 0 Å². The average Bonchev–Trinajstić information content (AvgIpc) is 2.36. The molecule has 1 N–H and O–H groups in total. The van der Waals surface area contributed by atoms with Crippen molar-refractivity contribution in [1.82, 2.24) is 0 Å². The van der Waals surface area contributed by atoms with Gasteiger partial charge in [-0.05, 0) is 25.0 Å². The number of carbonyl (C=O) groups excluding carboxylic acids is 1. The number of anilines is 1. The van der Waals surface area contributed by atoms with Crippen molar-refractivity contribution in [2.24, 2.45) is 5.10 Å². The van der Waals surface area contributed by atoms with Crippen molar-refractivity contribution in [1.29, 1.82) is 0 Å². The number of benzene rings is 1. The molecule has 0 unspecified atom stereocenters. The van der Waals surface area contributed by atoms with Crippen LogP contribution in [-0.2, 0) is 16.0 Å². The van der Waals surface area contributed by atoms with Gasteiger partial charge in [-0.2, -0.15) is 5.10 Å². The zero-order valence-corrected chi connectivity index (χ0v) is 10.6. The Bertz CT molecular complexity index is 419. The third kappa shape index (κ3) is 4.07. The van der Waals surface area contributed by atoms with Crippen LogP contribution in [0.1, 0.15) is 19.4 Å². The molecule has 0 aliphatic carbocycles. The fraction of sp³-hybridized carbons (Fsp3) is 0.333. The zero-order chi connectivity index (χ0) is 12.7. The molecular formula is C12H15ClN2O2. The molecule has 4 nitrogen and oxygen atoms in total. The lowest BCUT2D eigenvalue weighted by molar-refractivity contribution is -0.134. The fourth-order valence-corrected chi connectivity index (χ4v) is 1.38. The van der Waals surface area contributed by atoms with E-state index >= 15 is 0 Å². The van der Waals surface area contributed by atoms with E-state index in [0.29, 0.717) is 0 Å². The zero-order valence-electron chi connectivity index (χ0n) is 9.87. The summed E-state index contributed by atoms with van der Waals surface area (Å²) in [6.45, 7) is 4.02. The van der Waals surface area contributed by atoms with Gasteiger partial charge in [0.15, 0.2) is 0 Å². The predicted octanol–water partition coefficient (Wildman–Crippen LogP) is 2.78. The molecule has 0 aliphatic heterocycles. The minimum atomic E-state index is -0.629. The van der Waals surface area contributed by atoms with Crippen molar-refractivity contribution in [2.75, 3.05) is 12.0 Å². The third-order valence-electron chi connectivity index (χ3n) is 2.12. The Hall–Kier alpha value is -1.55. The van der Waals surface area contributed by atoms with Crippen LogP contribution in [0.2, 0.25) is 0 Å². The highest BCUT2D eigenvalue weighted by Gasteiger charge is 2.09. The first-order valence-electron chi connectivity index (χ1n) is 5.43. The van der Waals surface area contributed by atoms with Gasteiger partial charge in [0.05, 0.1) is 12.3 Å². The number of ether oxygens (including phenoxy) is 1. The maximum Gasteiger partial charge on any atom is 0.370 e. The summed E-state index contributed by atoms with van der Waals surface area (Å²) in [6, 6.07) is 7.68. The molecule has 0 radical (unpaired) electrons. The molecule has 92 valence electrons. The van der Waals surface area contributed by atoms with Crippen molar-refractivity contribution in [3.63, 3.8) is 0 Å². The molecule has 1 rings (SSSR count). The summed E-state index contributed by atoms with van der Waals surface area (Å²) < 4.78 is 4.71. The quantitative estimate of drug-likeness (QED) is 0.499. The Morgan fingerprint density at radius 1 is 1.41 bits per heavy atom. The third-order valence-corrected chi connectivity index (χ3v) is 2.36. The van der Waals surface area contributed by atoms with E-state index in [1.807, 2.05) is 31.2 Å². The first kappa shape index (κ1) is 13.5. The van der Waals surface area contributed by atoms with E-state index in [2.05, 4.69) is 10.5 Å². The molecule has 0 saturated heterocycles. The van der Waals surface area contributed by atoms with Crippen molar-refractivity contribution in [3.05, 3.63) is 29.8 Å². The standard InChI is InChI=1S/C12H15ClN2O2/c1-3-9-7-5-6-8-10(9)14-15-11(13)12(16)17-4-2/h5-8,14H,3-4H2,1-2H3/b15-11+. The highest BCUT2D eigenvalue weighted by molar-refractivity contribution is 6.82. The number of nitrogens with one attached hydrogen (secondary N) is 1. The lowest BCUT2D eigenvalue weighted by Gasteiger charge is -2.06. The van der Waals surface area contributed by atoms with Gasteiger partial charge < -0.3 is 4.74 Å². The second kappa shape index (κ2) is 6.91. The molecule has 1 aromatic carbocycles. The van der Waals surface area contributed by atoms with E-state index in [-0.39, 0.29) is 11.8 Å². The summed E-state index contributed by atoms with van der Waals surface area (Å²) in [5, 5.41) is 3.57. The first-order valence-corrected chi connectivity index (χ1v) is 5.81. The van der Waals surface area contributed by atoms with E-state index in [1.54, 1.807) is 6.92 Å². The number of hydrogen-bond acceptors (Lipinski definition) is 4. The van der Waals surface area contributed by atoms with Gasteiger partial charge in [-0.3, -0.25) is 5.43 Å². The predicted molar refractivity (Wildman–Crippen MR) is 69.4 cm³/mol. The number of hydrogen-bond donors (Lipinski definition) is 1. The van der Waals surface area contributed by atoms with E-state index in [9.17, 15) is 4.79 Å². The molecule has 0 fully saturated rings. The lowest BCUT2D eigenvalue weighted by Crippen LogP contribution is -2.13. The molecule has 5 heteroatoms. The summed E-state index contributed by atoms with van der Waals surface area (Å²) >= 11 is 5.67. The fourth-order valence-electron chi connectivity index (χ4n) is 1.28. The number of para-hydroxylation sites is 1. The minimum Gasteiger partial charge on any atom is -0.461 e. The summed E-state index contributed by atoms with van der Waals surface area (Å²) in [5.41, 5.74) is 4.69. The van der Waals surface area contributed by atoms with Crippen LogP contribution < -0.4 is 5.43 Å². The van der Waals surface area contributed by atoms with Crippen LogP contribution in [0.15, 0.2) is 29.4 Å². The number of hydrazone groups is 1. The number of carbonyl (C=O) groups is 1. The number of esters is 1. The summed E-state index contributed by atoms with van der Waals surface area (Å²) in [7, 11) is 0. The molecule has 0 saturated carbocycles. The Balaban J connectivity index is 2.71. The Labute approximate surface area is 106 Å². The number of rotatable bonds is 5. The molecule has 0 aliphatic rings. The molecule has 0 heterocycles. The van der Waals surface area contributed by atoms with E-state index in [4.69, 9.17) is 16.3 Å². The van der Waals surface area contributed by atoms with Crippen LogP contribution in [0.4, 0.5) is 5.69 Å². The molecule has 0 bridgehead atoms. The van der Waals surface area contributed by atoms with Crippen molar-refractivity contribution >= 4 is 28.4 Å². The van der Waals surface area contributed by atoms with Crippen LogP contribution in [0, 0.1) is 0 Å². The molecular weight excluding hydrogens is 240 g/mol. The average molecular weight is 255 g/mol.